The quantitative estimate of drug-likeness (QED) is 0.711. The van der Waals surface area contributed by atoms with E-state index in [4.69, 9.17) is 28.4 Å². The maximum Gasteiger partial charge on any atom is 0.419 e. The fourth-order valence-corrected chi connectivity index (χ4v) is 4.66. The maximum absolute atomic E-state index is 12.7. The average molecular weight is 444 g/mol. The molecule has 1 aromatic carbocycles. The molecule has 32 heavy (non-hydrogen) atoms. The van der Waals surface area contributed by atoms with E-state index in [9.17, 15) is 4.79 Å². The first-order chi connectivity index (χ1) is 15.2. The van der Waals surface area contributed by atoms with E-state index in [1.807, 2.05) is 58.0 Å². The fraction of sp³-hybridized carbons (Fsp3) is 0.565. The zero-order valence-electron chi connectivity index (χ0n) is 18.5. The van der Waals surface area contributed by atoms with Crippen LogP contribution in [0.4, 0.5) is 4.79 Å². The number of fused-ring (bicyclic) bond motifs is 2. The Balaban J connectivity index is 1.44. The molecule has 3 aliphatic rings. The Hall–Kier alpha value is -2.30. The van der Waals surface area contributed by atoms with E-state index in [2.05, 4.69) is 4.98 Å². The van der Waals surface area contributed by atoms with Gasteiger partial charge in [-0.05, 0) is 33.3 Å². The lowest BCUT2D eigenvalue weighted by Crippen LogP contribution is -2.63. The molecule has 3 heterocycles. The third-order valence-corrected chi connectivity index (χ3v) is 5.86. The van der Waals surface area contributed by atoms with Crippen molar-refractivity contribution in [2.75, 3.05) is 0 Å². The molecule has 9 nitrogen and oxygen atoms in total. The van der Waals surface area contributed by atoms with Crippen LogP contribution in [0.1, 0.15) is 33.3 Å². The molecule has 5 rings (SSSR count). The van der Waals surface area contributed by atoms with Crippen molar-refractivity contribution < 1.29 is 33.2 Å². The number of carbonyl (C=O) groups excluding carboxylic acids is 1. The summed E-state index contributed by atoms with van der Waals surface area (Å²) in [6, 6.07) is 9.89. The van der Waals surface area contributed by atoms with Crippen molar-refractivity contribution in [3.8, 4) is 0 Å². The molecular weight excluding hydrogens is 416 g/mol. The van der Waals surface area contributed by atoms with Crippen LogP contribution in [0.5, 0.6) is 0 Å². The monoisotopic (exact) mass is 444 g/mol. The largest absolute Gasteiger partial charge is 0.440 e. The van der Waals surface area contributed by atoms with E-state index in [-0.39, 0.29) is 0 Å². The molecule has 1 aromatic heterocycles. The SMILES string of the molecule is CC1(C)O[C@@H]2[C@@H](OCc3ccccc3)[C@@H]3OC(C)(C)O[C@H]3[C@H](OC(=O)n3ccnc3)[C@H]2O1. The third kappa shape index (κ3) is 4.06. The van der Waals surface area contributed by atoms with Crippen molar-refractivity contribution in [1.82, 2.24) is 9.55 Å². The first-order valence-electron chi connectivity index (χ1n) is 10.8. The number of benzene rings is 1. The third-order valence-electron chi connectivity index (χ3n) is 5.86. The van der Waals surface area contributed by atoms with Gasteiger partial charge in [-0.1, -0.05) is 30.3 Å². The minimum absolute atomic E-state index is 0.380. The van der Waals surface area contributed by atoms with Crippen LogP contribution in [0.25, 0.3) is 0 Å². The summed E-state index contributed by atoms with van der Waals surface area (Å²) in [5, 5.41) is 0. The summed E-state index contributed by atoms with van der Waals surface area (Å²) >= 11 is 0. The molecule has 0 N–H and O–H groups in total. The lowest BCUT2D eigenvalue weighted by molar-refractivity contribution is -0.190. The minimum Gasteiger partial charge on any atom is -0.440 e. The smallest absolute Gasteiger partial charge is 0.419 e. The summed E-state index contributed by atoms with van der Waals surface area (Å²) in [6.45, 7) is 7.70. The molecule has 1 aliphatic carbocycles. The van der Waals surface area contributed by atoms with Crippen LogP contribution in [0, 0.1) is 0 Å². The first-order valence-corrected chi connectivity index (χ1v) is 10.8. The summed E-state index contributed by atoms with van der Waals surface area (Å²) in [7, 11) is 0. The van der Waals surface area contributed by atoms with Crippen LogP contribution < -0.4 is 0 Å². The Morgan fingerprint density at radius 3 is 2.03 bits per heavy atom. The van der Waals surface area contributed by atoms with Gasteiger partial charge in [-0.3, -0.25) is 0 Å². The summed E-state index contributed by atoms with van der Waals surface area (Å²) in [6.07, 6.45) is 0.440. The van der Waals surface area contributed by atoms with Gasteiger partial charge in [-0.25, -0.2) is 14.3 Å². The second-order valence-corrected chi connectivity index (χ2v) is 9.21. The lowest BCUT2D eigenvalue weighted by Gasteiger charge is -2.42. The Kier molecular flexibility index (Phi) is 5.34. The molecule has 2 aromatic rings. The van der Waals surface area contributed by atoms with E-state index in [0.29, 0.717) is 6.61 Å². The number of hydrogen-bond acceptors (Lipinski definition) is 8. The number of hydrogen-bond donors (Lipinski definition) is 0. The summed E-state index contributed by atoms with van der Waals surface area (Å²) in [5.41, 5.74) is 1.03. The minimum atomic E-state index is -0.877. The number of aromatic nitrogens is 2. The van der Waals surface area contributed by atoms with Crippen molar-refractivity contribution in [3.05, 3.63) is 54.6 Å². The molecule has 3 fully saturated rings. The molecule has 1 saturated carbocycles. The van der Waals surface area contributed by atoms with Gasteiger partial charge in [-0.15, -0.1) is 0 Å². The van der Waals surface area contributed by atoms with Gasteiger partial charge in [0.1, 0.15) is 36.8 Å². The van der Waals surface area contributed by atoms with Crippen molar-refractivity contribution in [2.24, 2.45) is 0 Å². The molecule has 2 saturated heterocycles. The summed E-state index contributed by atoms with van der Waals surface area (Å²) in [4.78, 5) is 16.7. The molecule has 0 bridgehead atoms. The zero-order valence-corrected chi connectivity index (χ0v) is 18.5. The zero-order chi connectivity index (χ0) is 22.5. The molecule has 9 heteroatoms. The van der Waals surface area contributed by atoms with Crippen LogP contribution in [-0.2, 0) is 35.0 Å². The van der Waals surface area contributed by atoms with E-state index < -0.39 is 54.3 Å². The number of ether oxygens (including phenoxy) is 6. The van der Waals surface area contributed by atoms with Crippen molar-refractivity contribution in [3.63, 3.8) is 0 Å². The Labute approximate surface area is 186 Å². The van der Waals surface area contributed by atoms with Gasteiger partial charge < -0.3 is 28.4 Å². The Bertz CT molecular complexity index is 915. The Morgan fingerprint density at radius 2 is 1.50 bits per heavy atom. The average Bonchev–Trinajstić information content (AvgIpc) is 3.44. The van der Waals surface area contributed by atoms with Crippen LogP contribution in [0.15, 0.2) is 49.1 Å². The molecule has 172 valence electrons. The van der Waals surface area contributed by atoms with E-state index >= 15 is 0 Å². The normalized spacial score (nSPS) is 34.6. The van der Waals surface area contributed by atoms with Gasteiger partial charge in [0, 0.05) is 12.4 Å². The van der Waals surface area contributed by atoms with Crippen LogP contribution in [-0.4, -0.2) is 63.8 Å². The van der Waals surface area contributed by atoms with Gasteiger partial charge in [-0.2, -0.15) is 0 Å². The van der Waals surface area contributed by atoms with Gasteiger partial charge in [0.25, 0.3) is 0 Å². The highest BCUT2D eigenvalue weighted by molar-refractivity contribution is 5.70. The van der Waals surface area contributed by atoms with E-state index in [0.717, 1.165) is 5.56 Å². The molecule has 0 unspecified atom stereocenters. The van der Waals surface area contributed by atoms with Gasteiger partial charge >= 0.3 is 6.09 Å². The molecule has 2 aliphatic heterocycles. The highest BCUT2D eigenvalue weighted by atomic mass is 16.8. The lowest BCUT2D eigenvalue weighted by atomic mass is 9.84. The van der Waals surface area contributed by atoms with Crippen molar-refractivity contribution in [2.45, 2.75) is 82.5 Å². The van der Waals surface area contributed by atoms with Crippen LogP contribution >= 0.6 is 0 Å². The second kappa shape index (κ2) is 7.93. The highest BCUT2D eigenvalue weighted by Crippen LogP contribution is 2.46. The number of rotatable bonds is 4. The summed E-state index contributed by atoms with van der Waals surface area (Å²) in [5.74, 6) is -1.75. The maximum atomic E-state index is 12.7. The second-order valence-electron chi connectivity index (χ2n) is 9.21. The van der Waals surface area contributed by atoms with Gasteiger partial charge in [0.05, 0.1) is 6.61 Å². The predicted molar refractivity (Wildman–Crippen MR) is 111 cm³/mol. The van der Waals surface area contributed by atoms with Crippen molar-refractivity contribution in [1.29, 1.82) is 0 Å². The number of imidazole rings is 1. The number of nitrogens with zero attached hydrogens (tertiary/aromatic N) is 2. The predicted octanol–water partition coefficient (Wildman–Crippen LogP) is 2.88. The van der Waals surface area contributed by atoms with Crippen LogP contribution in [0.2, 0.25) is 0 Å². The van der Waals surface area contributed by atoms with Gasteiger partial charge in [0.15, 0.2) is 17.7 Å². The number of carbonyl (C=O) groups is 1. The topological polar surface area (TPSA) is 90.3 Å². The van der Waals surface area contributed by atoms with Crippen molar-refractivity contribution >= 4 is 6.09 Å². The first kappa shape index (κ1) is 21.5. The van der Waals surface area contributed by atoms with E-state index in [1.54, 1.807) is 0 Å². The molecule has 0 amide bonds. The standard InChI is InChI=1S/C23H28N2O7/c1-22(2)29-17-15(27-12-14-8-6-5-7-9-14)18-20(32-23(3,4)30-18)16(19(17)31-22)28-21(26)25-11-10-24-13-25/h5-11,13,15-20H,12H2,1-4H3/t15-,16-,17-,18+,19-,20+. The summed E-state index contributed by atoms with van der Waals surface area (Å²) < 4.78 is 38.4. The molecule has 0 radical (unpaired) electrons. The highest BCUT2D eigenvalue weighted by Gasteiger charge is 2.65. The molecular formula is C23H28N2O7. The van der Waals surface area contributed by atoms with Gasteiger partial charge in [0.2, 0.25) is 0 Å². The fourth-order valence-electron chi connectivity index (χ4n) is 4.66. The van der Waals surface area contributed by atoms with E-state index in [1.165, 1.54) is 23.3 Å². The molecule has 6 atom stereocenters. The van der Waals surface area contributed by atoms with Crippen LogP contribution in [0.3, 0.4) is 0 Å². The Morgan fingerprint density at radius 1 is 0.938 bits per heavy atom. The molecule has 0 spiro atoms.